The molecule has 0 aromatic heterocycles. The molecule has 0 saturated carbocycles. The lowest BCUT2D eigenvalue weighted by Crippen LogP contribution is -2.56. The number of likely N-dealkylation sites (tertiary alicyclic amines) is 1. The van der Waals surface area contributed by atoms with Gasteiger partial charge in [-0.05, 0) is 55.4 Å². The van der Waals surface area contributed by atoms with E-state index in [4.69, 9.17) is 5.73 Å². The van der Waals surface area contributed by atoms with Crippen molar-refractivity contribution in [2.75, 3.05) is 6.54 Å². The van der Waals surface area contributed by atoms with Crippen molar-refractivity contribution >= 4 is 5.91 Å². The summed E-state index contributed by atoms with van der Waals surface area (Å²) in [6.45, 7) is -0.0416. The molecule has 0 radical (unpaired) electrons. The predicted molar refractivity (Wildman–Crippen MR) is 76.6 cm³/mol. The van der Waals surface area contributed by atoms with Crippen molar-refractivity contribution in [3.05, 3.63) is 34.9 Å². The molecule has 22 heavy (non-hydrogen) atoms. The van der Waals surface area contributed by atoms with Crippen molar-refractivity contribution in [1.82, 2.24) is 4.90 Å². The summed E-state index contributed by atoms with van der Waals surface area (Å²) in [6.07, 6.45) is -1.35. The Morgan fingerprint density at radius 1 is 1.18 bits per heavy atom. The van der Waals surface area contributed by atoms with Crippen LogP contribution < -0.4 is 5.73 Å². The number of piperidine rings is 1. The Kier molecular flexibility index (Phi) is 3.89. The van der Waals surface area contributed by atoms with Crippen LogP contribution in [0, 0.1) is 0 Å². The first kappa shape index (κ1) is 15.3. The topological polar surface area (TPSA) is 46.3 Å². The highest BCUT2D eigenvalue weighted by molar-refractivity contribution is 5.95. The van der Waals surface area contributed by atoms with Gasteiger partial charge in [0.2, 0.25) is 0 Å². The van der Waals surface area contributed by atoms with Gasteiger partial charge < -0.3 is 10.6 Å². The largest absolute Gasteiger partial charge is 0.408 e. The number of fused-ring (bicyclic) bond motifs is 1. The Bertz CT molecular complexity index is 585. The summed E-state index contributed by atoms with van der Waals surface area (Å²) in [7, 11) is 0. The Hall–Kier alpha value is -1.56. The van der Waals surface area contributed by atoms with Gasteiger partial charge in [0, 0.05) is 18.2 Å². The number of rotatable bonds is 1. The van der Waals surface area contributed by atoms with E-state index in [-0.39, 0.29) is 19.4 Å². The number of hydrogen-bond donors (Lipinski definition) is 1. The molecule has 0 bridgehead atoms. The average molecular weight is 312 g/mol. The van der Waals surface area contributed by atoms with Gasteiger partial charge in [-0.25, -0.2) is 0 Å². The maximum absolute atomic E-state index is 13.2. The molecule has 2 atom stereocenters. The highest BCUT2D eigenvalue weighted by Gasteiger charge is 2.47. The van der Waals surface area contributed by atoms with Gasteiger partial charge >= 0.3 is 6.18 Å². The van der Waals surface area contributed by atoms with Gasteiger partial charge in [-0.1, -0.05) is 6.07 Å². The predicted octanol–water partition coefficient (Wildman–Crippen LogP) is 2.67. The van der Waals surface area contributed by atoms with Gasteiger partial charge in [-0.3, -0.25) is 4.79 Å². The van der Waals surface area contributed by atoms with E-state index in [1.807, 2.05) is 6.07 Å². The molecule has 3 rings (SSSR count). The van der Waals surface area contributed by atoms with Crippen molar-refractivity contribution < 1.29 is 18.0 Å². The molecular formula is C16H19F3N2O. The number of halogens is 3. The molecule has 1 amide bonds. The molecule has 1 heterocycles. The van der Waals surface area contributed by atoms with Crippen LogP contribution in [0.5, 0.6) is 0 Å². The lowest BCUT2D eigenvalue weighted by atomic mass is 9.96. The van der Waals surface area contributed by atoms with Crippen LogP contribution in [-0.4, -0.2) is 35.6 Å². The number of benzene rings is 1. The maximum atomic E-state index is 13.2. The molecule has 2 aliphatic rings. The second-order valence-electron chi connectivity index (χ2n) is 6.19. The zero-order valence-corrected chi connectivity index (χ0v) is 12.2. The van der Waals surface area contributed by atoms with Gasteiger partial charge in [-0.2, -0.15) is 13.2 Å². The zero-order chi connectivity index (χ0) is 15.9. The van der Waals surface area contributed by atoms with Crippen LogP contribution in [0.3, 0.4) is 0 Å². The van der Waals surface area contributed by atoms with Gasteiger partial charge in [0.15, 0.2) is 0 Å². The summed E-state index contributed by atoms with van der Waals surface area (Å²) >= 11 is 0. The molecule has 6 heteroatoms. The Labute approximate surface area is 127 Å². The van der Waals surface area contributed by atoms with Gasteiger partial charge in [0.1, 0.15) is 6.04 Å². The van der Waals surface area contributed by atoms with Crippen LogP contribution in [-0.2, 0) is 12.8 Å². The normalized spacial score (nSPS) is 25.2. The van der Waals surface area contributed by atoms with Gasteiger partial charge in [-0.15, -0.1) is 0 Å². The minimum Gasteiger partial charge on any atom is -0.326 e. The second-order valence-corrected chi connectivity index (χ2v) is 6.19. The van der Waals surface area contributed by atoms with Crippen LogP contribution in [0.1, 0.15) is 40.7 Å². The first-order chi connectivity index (χ1) is 10.4. The fourth-order valence-corrected chi connectivity index (χ4v) is 3.43. The maximum Gasteiger partial charge on any atom is 0.408 e. The quantitative estimate of drug-likeness (QED) is 0.866. The molecule has 120 valence electrons. The highest BCUT2D eigenvalue weighted by atomic mass is 19.4. The molecule has 3 nitrogen and oxygen atoms in total. The molecule has 2 N–H and O–H groups in total. The van der Waals surface area contributed by atoms with E-state index in [1.165, 1.54) is 5.56 Å². The van der Waals surface area contributed by atoms with E-state index in [2.05, 4.69) is 0 Å². The van der Waals surface area contributed by atoms with Crippen molar-refractivity contribution in [1.29, 1.82) is 0 Å². The van der Waals surface area contributed by atoms with E-state index in [0.717, 1.165) is 29.7 Å². The fourth-order valence-electron chi connectivity index (χ4n) is 3.43. The van der Waals surface area contributed by atoms with Crippen molar-refractivity contribution in [2.45, 2.75) is 50.4 Å². The van der Waals surface area contributed by atoms with Crippen LogP contribution in [0.25, 0.3) is 0 Å². The Balaban J connectivity index is 1.88. The van der Waals surface area contributed by atoms with Crippen LogP contribution in [0.2, 0.25) is 0 Å². The highest BCUT2D eigenvalue weighted by Crippen LogP contribution is 2.33. The smallest absolute Gasteiger partial charge is 0.326 e. The lowest BCUT2D eigenvalue weighted by molar-refractivity contribution is -0.184. The fraction of sp³-hybridized carbons (Fsp3) is 0.562. The third-order valence-corrected chi connectivity index (χ3v) is 4.60. The summed E-state index contributed by atoms with van der Waals surface area (Å²) < 4.78 is 39.5. The third-order valence-electron chi connectivity index (χ3n) is 4.60. The molecule has 1 aromatic rings. The SMILES string of the molecule is NC1CCC(C(F)(F)F)N(C(=O)c2ccc3c(c2)CCC3)C1. The Morgan fingerprint density at radius 2 is 1.91 bits per heavy atom. The number of nitrogens with two attached hydrogens (primary N) is 1. The average Bonchev–Trinajstić information content (AvgIpc) is 2.92. The Morgan fingerprint density at radius 3 is 2.64 bits per heavy atom. The number of carbonyl (C=O) groups is 1. The minimum absolute atomic E-state index is 0.0416. The zero-order valence-electron chi connectivity index (χ0n) is 12.2. The number of aryl methyl sites for hydroxylation is 2. The van der Waals surface area contributed by atoms with E-state index in [9.17, 15) is 18.0 Å². The number of nitrogens with zero attached hydrogens (tertiary/aromatic N) is 1. The molecule has 1 aromatic carbocycles. The first-order valence-electron chi connectivity index (χ1n) is 7.61. The molecule has 0 spiro atoms. The van der Waals surface area contributed by atoms with Crippen molar-refractivity contribution in [2.24, 2.45) is 5.73 Å². The number of carbonyl (C=O) groups excluding carboxylic acids is 1. The molecule has 2 unspecified atom stereocenters. The summed E-state index contributed by atoms with van der Waals surface area (Å²) in [4.78, 5) is 13.5. The summed E-state index contributed by atoms with van der Waals surface area (Å²) in [5, 5.41) is 0. The third kappa shape index (κ3) is 2.84. The van der Waals surface area contributed by atoms with Crippen molar-refractivity contribution in [3.8, 4) is 0 Å². The molecular weight excluding hydrogens is 293 g/mol. The summed E-state index contributed by atoms with van der Waals surface area (Å²) in [5.41, 5.74) is 8.39. The van der Waals surface area contributed by atoms with E-state index in [0.29, 0.717) is 5.56 Å². The molecule has 1 aliphatic carbocycles. The van der Waals surface area contributed by atoms with Crippen LogP contribution in [0.15, 0.2) is 18.2 Å². The first-order valence-corrected chi connectivity index (χ1v) is 7.61. The van der Waals surface area contributed by atoms with Crippen LogP contribution in [0.4, 0.5) is 13.2 Å². The number of alkyl halides is 3. The van der Waals surface area contributed by atoms with Crippen molar-refractivity contribution in [3.63, 3.8) is 0 Å². The minimum atomic E-state index is -4.41. The standard InChI is InChI=1S/C16H19F3N2O/c17-16(18,19)14-7-6-13(20)9-21(14)15(22)12-5-4-10-2-1-3-11(10)8-12/h4-5,8,13-14H,1-3,6-7,9,20H2. The molecule has 1 fully saturated rings. The van der Waals surface area contributed by atoms with Gasteiger partial charge in [0.25, 0.3) is 5.91 Å². The van der Waals surface area contributed by atoms with Gasteiger partial charge in [0.05, 0.1) is 0 Å². The van der Waals surface area contributed by atoms with E-state index < -0.39 is 24.2 Å². The number of hydrogen-bond acceptors (Lipinski definition) is 2. The number of amides is 1. The van der Waals surface area contributed by atoms with Crippen LogP contribution >= 0.6 is 0 Å². The molecule has 1 aliphatic heterocycles. The molecule has 1 saturated heterocycles. The van der Waals surface area contributed by atoms with E-state index >= 15 is 0 Å². The second kappa shape index (κ2) is 5.57. The summed E-state index contributed by atoms with van der Waals surface area (Å²) in [5.74, 6) is -0.563. The monoisotopic (exact) mass is 312 g/mol. The van der Waals surface area contributed by atoms with E-state index in [1.54, 1.807) is 12.1 Å². The summed E-state index contributed by atoms with van der Waals surface area (Å²) in [6, 6.07) is 3.13. The lowest BCUT2D eigenvalue weighted by Gasteiger charge is -2.39.